The highest BCUT2D eigenvalue weighted by Crippen LogP contribution is 2.28. The van der Waals surface area contributed by atoms with Crippen LogP contribution in [-0.2, 0) is 21.2 Å². The average Bonchev–Trinajstić information content (AvgIpc) is 3.37. The van der Waals surface area contributed by atoms with Gasteiger partial charge in [-0.15, -0.1) is 11.3 Å². The lowest BCUT2D eigenvalue weighted by Gasteiger charge is -2.30. The number of amides is 1. The molecule has 0 atom stereocenters. The van der Waals surface area contributed by atoms with Gasteiger partial charge in [-0.25, -0.2) is 13.4 Å². The highest BCUT2D eigenvalue weighted by atomic mass is 32.2. The largest absolute Gasteiger partial charge is 0.342 e. The number of thiazole rings is 1. The molecule has 0 saturated carbocycles. The summed E-state index contributed by atoms with van der Waals surface area (Å²) in [6.07, 6.45) is 4.35. The Morgan fingerprint density at radius 2 is 2.10 bits per heavy atom. The Balaban J connectivity index is 1.31. The lowest BCUT2D eigenvalue weighted by atomic mass is 9.96. The molecular formula is C18H20N6O4S2. The molecule has 158 valence electrons. The van der Waals surface area contributed by atoms with Gasteiger partial charge < -0.3 is 9.42 Å². The van der Waals surface area contributed by atoms with E-state index in [-0.39, 0.29) is 23.4 Å². The molecule has 0 radical (unpaired) electrons. The van der Waals surface area contributed by atoms with E-state index in [1.165, 1.54) is 0 Å². The maximum absolute atomic E-state index is 12.6. The molecule has 10 nitrogen and oxygen atoms in total. The van der Waals surface area contributed by atoms with Crippen LogP contribution in [0.5, 0.6) is 0 Å². The number of likely N-dealkylation sites (tertiary alicyclic amines) is 1. The van der Waals surface area contributed by atoms with Gasteiger partial charge in [-0.3, -0.25) is 14.5 Å². The normalized spacial score (nSPS) is 15.3. The van der Waals surface area contributed by atoms with E-state index in [2.05, 4.69) is 24.8 Å². The van der Waals surface area contributed by atoms with Crippen molar-refractivity contribution in [2.24, 2.45) is 0 Å². The summed E-state index contributed by atoms with van der Waals surface area (Å²) in [5, 5.41) is 6.05. The van der Waals surface area contributed by atoms with Crippen molar-refractivity contribution in [3.8, 4) is 11.6 Å². The minimum absolute atomic E-state index is 0.0352. The number of hydrogen-bond donors (Lipinski definition) is 1. The molecule has 1 fully saturated rings. The number of anilines is 1. The van der Waals surface area contributed by atoms with E-state index >= 15 is 0 Å². The molecule has 0 aliphatic carbocycles. The summed E-state index contributed by atoms with van der Waals surface area (Å²) < 4.78 is 30.2. The molecule has 1 saturated heterocycles. The van der Waals surface area contributed by atoms with Crippen LogP contribution in [0, 0.1) is 0 Å². The number of hydrogen-bond acceptors (Lipinski definition) is 9. The highest BCUT2D eigenvalue weighted by Gasteiger charge is 2.27. The molecule has 3 aromatic rings. The van der Waals surface area contributed by atoms with Crippen molar-refractivity contribution in [2.75, 3.05) is 24.1 Å². The van der Waals surface area contributed by atoms with Crippen LogP contribution < -0.4 is 4.72 Å². The molecule has 3 aromatic heterocycles. The second-order valence-electron chi connectivity index (χ2n) is 7.02. The van der Waals surface area contributed by atoms with Gasteiger partial charge in [0.2, 0.25) is 15.9 Å². The summed E-state index contributed by atoms with van der Waals surface area (Å²) >= 11 is 1.16. The summed E-state index contributed by atoms with van der Waals surface area (Å²) in [5.41, 5.74) is 1.19. The molecule has 1 N–H and O–H groups in total. The van der Waals surface area contributed by atoms with E-state index in [9.17, 15) is 13.2 Å². The van der Waals surface area contributed by atoms with E-state index in [4.69, 9.17) is 4.52 Å². The summed E-state index contributed by atoms with van der Waals surface area (Å²) in [6.45, 7) is 1.19. The first kappa shape index (κ1) is 20.4. The summed E-state index contributed by atoms with van der Waals surface area (Å²) in [4.78, 5) is 27.2. The van der Waals surface area contributed by atoms with E-state index in [1.807, 2.05) is 18.2 Å². The summed E-state index contributed by atoms with van der Waals surface area (Å²) in [6, 6.07) is 5.49. The zero-order valence-corrected chi connectivity index (χ0v) is 17.8. The number of pyridine rings is 1. The van der Waals surface area contributed by atoms with Crippen LogP contribution in [0.1, 0.15) is 30.3 Å². The Kier molecular flexibility index (Phi) is 5.77. The predicted molar refractivity (Wildman–Crippen MR) is 110 cm³/mol. The highest BCUT2D eigenvalue weighted by molar-refractivity contribution is 7.92. The van der Waals surface area contributed by atoms with Crippen LogP contribution in [-0.4, -0.2) is 58.7 Å². The number of sulfonamides is 1. The van der Waals surface area contributed by atoms with Gasteiger partial charge in [-0.1, -0.05) is 11.2 Å². The molecule has 4 rings (SSSR count). The zero-order valence-electron chi connectivity index (χ0n) is 16.2. The average molecular weight is 449 g/mol. The first-order valence-corrected chi connectivity index (χ1v) is 12.1. The molecule has 0 unspecified atom stereocenters. The van der Waals surface area contributed by atoms with Gasteiger partial charge in [0.15, 0.2) is 11.0 Å². The molecule has 0 aromatic carbocycles. The van der Waals surface area contributed by atoms with Gasteiger partial charge in [-0.05, 0) is 25.0 Å². The third-order valence-corrected chi connectivity index (χ3v) is 6.20. The standard InChI is InChI=1S/C18H20N6O4S2/c1-30(26,27)23-18-20-13(11-29-18)10-15(25)24-8-5-12(6-9-24)16-21-17(28-22-16)14-4-2-3-7-19-14/h2-4,7,11-12H,5-6,8-10H2,1H3,(H,20,23). The van der Waals surface area contributed by atoms with E-state index in [0.717, 1.165) is 30.4 Å². The van der Waals surface area contributed by atoms with Gasteiger partial charge in [0.1, 0.15) is 5.69 Å². The van der Waals surface area contributed by atoms with Crippen molar-refractivity contribution in [1.29, 1.82) is 0 Å². The second kappa shape index (κ2) is 8.48. The van der Waals surface area contributed by atoms with E-state index < -0.39 is 10.0 Å². The zero-order chi connectivity index (χ0) is 21.1. The van der Waals surface area contributed by atoms with Crippen LogP contribution in [0.2, 0.25) is 0 Å². The number of nitrogens with one attached hydrogen (secondary N) is 1. The Morgan fingerprint density at radius 1 is 1.30 bits per heavy atom. The van der Waals surface area contributed by atoms with Crippen molar-refractivity contribution in [1.82, 2.24) is 25.0 Å². The monoisotopic (exact) mass is 448 g/mol. The minimum atomic E-state index is -3.38. The Morgan fingerprint density at radius 3 is 2.80 bits per heavy atom. The van der Waals surface area contributed by atoms with Crippen LogP contribution in [0.4, 0.5) is 5.13 Å². The van der Waals surface area contributed by atoms with Crippen LogP contribution in [0.15, 0.2) is 34.3 Å². The van der Waals surface area contributed by atoms with Gasteiger partial charge in [0.25, 0.3) is 5.89 Å². The third-order valence-electron chi connectivity index (χ3n) is 4.70. The van der Waals surface area contributed by atoms with Crippen molar-refractivity contribution in [3.63, 3.8) is 0 Å². The Hall–Kier alpha value is -2.86. The lowest BCUT2D eigenvalue weighted by Crippen LogP contribution is -2.39. The van der Waals surface area contributed by atoms with Crippen LogP contribution >= 0.6 is 11.3 Å². The molecule has 4 heterocycles. The van der Waals surface area contributed by atoms with Crippen LogP contribution in [0.25, 0.3) is 11.6 Å². The second-order valence-corrected chi connectivity index (χ2v) is 9.63. The summed E-state index contributed by atoms with van der Waals surface area (Å²) in [7, 11) is -3.38. The first-order chi connectivity index (χ1) is 14.4. The van der Waals surface area contributed by atoms with E-state index in [0.29, 0.717) is 36.2 Å². The topological polar surface area (TPSA) is 131 Å². The number of piperidine rings is 1. The van der Waals surface area contributed by atoms with Crippen LogP contribution in [0.3, 0.4) is 0 Å². The van der Waals surface area contributed by atoms with Crippen molar-refractivity contribution >= 4 is 32.4 Å². The molecular weight excluding hydrogens is 428 g/mol. The fraction of sp³-hybridized carbons (Fsp3) is 0.389. The number of carbonyl (C=O) groups is 1. The molecule has 30 heavy (non-hydrogen) atoms. The minimum Gasteiger partial charge on any atom is -0.342 e. The molecule has 1 aliphatic heterocycles. The lowest BCUT2D eigenvalue weighted by molar-refractivity contribution is -0.131. The maximum Gasteiger partial charge on any atom is 0.276 e. The quantitative estimate of drug-likeness (QED) is 0.605. The SMILES string of the molecule is CS(=O)(=O)Nc1nc(CC(=O)N2CCC(c3noc(-c4ccccn4)n3)CC2)cs1. The fourth-order valence-electron chi connectivity index (χ4n) is 3.24. The van der Waals surface area contributed by atoms with Crippen molar-refractivity contribution in [2.45, 2.75) is 25.2 Å². The fourth-order valence-corrected chi connectivity index (χ4v) is 4.80. The summed E-state index contributed by atoms with van der Waals surface area (Å²) in [5.74, 6) is 1.12. The number of rotatable bonds is 6. The Labute approximate surface area is 177 Å². The smallest absolute Gasteiger partial charge is 0.276 e. The third kappa shape index (κ3) is 5.00. The predicted octanol–water partition coefficient (Wildman–Crippen LogP) is 1.91. The van der Waals surface area contributed by atoms with Gasteiger partial charge in [-0.2, -0.15) is 4.98 Å². The number of nitrogens with zero attached hydrogens (tertiary/aromatic N) is 5. The molecule has 0 bridgehead atoms. The first-order valence-electron chi connectivity index (χ1n) is 9.32. The number of aromatic nitrogens is 4. The van der Waals surface area contributed by atoms with E-state index in [1.54, 1.807) is 16.5 Å². The maximum atomic E-state index is 12.6. The van der Waals surface area contributed by atoms with Gasteiger partial charge in [0.05, 0.1) is 18.4 Å². The van der Waals surface area contributed by atoms with Gasteiger partial charge in [0, 0.05) is 30.6 Å². The molecule has 0 spiro atoms. The molecule has 1 amide bonds. The van der Waals surface area contributed by atoms with Gasteiger partial charge >= 0.3 is 0 Å². The van der Waals surface area contributed by atoms with Crippen molar-refractivity contribution in [3.05, 3.63) is 41.3 Å². The molecule has 1 aliphatic rings. The van der Waals surface area contributed by atoms with Crippen molar-refractivity contribution < 1.29 is 17.7 Å². The Bertz CT molecular complexity index is 1120. The molecule has 12 heteroatoms. The number of carbonyl (C=O) groups excluding carboxylic acids is 1.